The molecule has 0 unspecified atom stereocenters. The Morgan fingerprint density at radius 1 is 1.18 bits per heavy atom. The summed E-state index contributed by atoms with van der Waals surface area (Å²) in [5.74, 6) is -0.186. The third-order valence-electron chi connectivity index (χ3n) is 4.07. The summed E-state index contributed by atoms with van der Waals surface area (Å²) in [5.41, 5.74) is 0.367. The summed E-state index contributed by atoms with van der Waals surface area (Å²) in [6.07, 6.45) is -3.21. The predicted octanol–water partition coefficient (Wildman–Crippen LogP) is 2.50. The van der Waals surface area contributed by atoms with Gasteiger partial charge in [0.25, 0.3) is 16.0 Å². The first-order valence-corrected chi connectivity index (χ1v) is 9.54. The molecule has 0 saturated heterocycles. The molecule has 0 fully saturated rings. The average molecular weight is 414 g/mol. The van der Waals surface area contributed by atoms with Crippen LogP contribution in [0.3, 0.4) is 0 Å². The number of anilines is 1. The van der Waals surface area contributed by atoms with Crippen LogP contribution in [0.25, 0.3) is 0 Å². The van der Waals surface area contributed by atoms with Crippen LogP contribution in [0.1, 0.15) is 22.5 Å². The molecule has 0 aliphatic carbocycles. The lowest BCUT2D eigenvalue weighted by atomic mass is 10.1. The van der Waals surface area contributed by atoms with E-state index < -0.39 is 21.8 Å². The van der Waals surface area contributed by atoms with Crippen molar-refractivity contribution in [1.29, 1.82) is 0 Å². The molecule has 3 aromatic rings. The van der Waals surface area contributed by atoms with E-state index in [1.165, 1.54) is 27.8 Å². The Morgan fingerprint density at radius 3 is 2.50 bits per heavy atom. The summed E-state index contributed by atoms with van der Waals surface area (Å²) in [7, 11) is -2.33. The van der Waals surface area contributed by atoms with Gasteiger partial charge in [-0.15, -0.1) is 5.10 Å². The lowest BCUT2D eigenvalue weighted by molar-refractivity contribution is -0.137. The van der Waals surface area contributed by atoms with Crippen molar-refractivity contribution in [2.75, 3.05) is 4.72 Å². The smallest absolute Gasteiger partial charge is 0.271 e. The molecule has 0 atom stereocenters. The molecule has 2 heterocycles. The Kier molecular flexibility index (Phi) is 4.91. The van der Waals surface area contributed by atoms with E-state index in [1.807, 2.05) is 0 Å². The molecule has 150 valence electrons. The number of hydrogen-bond donors (Lipinski definition) is 1. The Bertz CT molecular complexity index is 1120. The first kappa shape index (κ1) is 19.9. The van der Waals surface area contributed by atoms with E-state index in [9.17, 15) is 21.6 Å². The Morgan fingerprint density at radius 2 is 1.89 bits per heavy atom. The number of benzene rings is 1. The third kappa shape index (κ3) is 4.01. The summed E-state index contributed by atoms with van der Waals surface area (Å²) in [4.78, 5) is 3.90. The second-order valence-corrected chi connectivity index (χ2v) is 7.81. The zero-order valence-electron chi connectivity index (χ0n) is 15.2. The zero-order valence-corrected chi connectivity index (χ0v) is 16.0. The number of sulfonamides is 1. The molecule has 0 aliphatic rings. The van der Waals surface area contributed by atoms with Gasteiger partial charge in [0.15, 0.2) is 0 Å². The van der Waals surface area contributed by atoms with Crippen LogP contribution >= 0.6 is 0 Å². The quantitative estimate of drug-likeness (QED) is 0.692. The van der Waals surface area contributed by atoms with Gasteiger partial charge >= 0.3 is 6.18 Å². The fourth-order valence-corrected chi connectivity index (χ4v) is 4.15. The Labute approximate surface area is 159 Å². The molecule has 1 aromatic carbocycles. The van der Waals surface area contributed by atoms with Crippen LogP contribution in [-0.2, 0) is 29.8 Å². The summed E-state index contributed by atoms with van der Waals surface area (Å²) >= 11 is 0. The zero-order chi connectivity index (χ0) is 20.7. The molecule has 3 rings (SSSR count). The Balaban J connectivity index is 1.80. The predicted molar refractivity (Wildman–Crippen MR) is 94.1 cm³/mol. The number of aromatic nitrogens is 5. The maximum atomic E-state index is 12.8. The number of nitrogens with zero attached hydrogens (tertiary/aromatic N) is 5. The maximum Gasteiger partial charge on any atom is 0.416 e. The van der Waals surface area contributed by atoms with Crippen molar-refractivity contribution in [2.45, 2.75) is 31.5 Å². The van der Waals surface area contributed by atoms with Gasteiger partial charge in [0.05, 0.1) is 23.5 Å². The SMILES string of the molecule is Cc1nn(C)c(C)c1S(=O)(=O)Nc1ncn(Cc2cccc(C(F)(F)F)c2)n1. The van der Waals surface area contributed by atoms with E-state index in [0.29, 0.717) is 17.0 Å². The van der Waals surface area contributed by atoms with Gasteiger partial charge in [-0.2, -0.15) is 23.3 Å². The molecule has 0 radical (unpaired) electrons. The second-order valence-electron chi connectivity index (χ2n) is 6.19. The number of hydrogen-bond acceptors (Lipinski definition) is 5. The van der Waals surface area contributed by atoms with E-state index in [1.54, 1.807) is 20.9 Å². The fraction of sp³-hybridized carbons (Fsp3) is 0.312. The first-order chi connectivity index (χ1) is 13.0. The second kappa shape index (κ2) is 6.93. The van der Waals surface area contributed by atoms with Crippen molar-refractivity contribution in [3.8, 4) is 0 Å². The topological polar surface area (TPSA) is 94.7 Å². The van der Waals surface area contributed by atoms with Crippen LogP contribution in [-0.4, -0.2) is 33.0 Å². The third-order valence-corrected chi connectivity index (χ3v) is 5.65. The maximum absolute atomic E-state index is 12.8. The van der Waals surface area contributed by atoms with Crippen molar-refractivity contribution < 1.29 is 21.6 Å². The van der Waals surface area contributed by atoms with Gasteiger partial charge in [-0.1, -0.05) is 12.1 Å². The van der Waals surface area contributed by atoms with Crippen molar-refractivity contribution in [3.05, 3.63) is 53.1 Å². The summed E-state index contributed by atoms with van der Waals surface area (Å²) in [6, 6.07) is 4.80. The number of aryl methyl sites for hydroxylation is 2. The van der Waals surface area contributed by atoms with Gasteiger partial charge in [-0.3, -0.25) is 4.68 Å². The van der Waals surface area contributed by atoms with Crippen LogP contribution < -0.4 is 4.72 Å². The van der Waals surface area contributed by atoms with Crippen LogP contribution in [0.2, 0.25) is 0 Å². The molecule has 0 bridgehead atoms. The van der Waals surface area contributed by atoms with Gasteiger partial charge in [-0.25, -0.2) is 17.8 Å². The number of halogens is 3. The van der Waals surface area contributed by atoms with Gasteiger partial charge in [-0.05, 0) is 31.5 Å². The normalized spacial score (nSPS) is 12.4. The minimum absolute atomic E-state index is 0.00357. The molecular formula is C16H17F3N6O2S. The number of alkyl halides is 3. The van der Waals surface area contributed by atoms with Crippen LogP contribution in [0, 0.1) is 13.8 Å². The number of nitrogens with one attached hydrogen (secondary N) is 1. The van der Waals surface area contributed by atoms with E-state index in [4.69, 9.17) is 0 Å². The van der Waals surface area contributed by atoms with Crippen LogP contribution in [0.15, 0.2) is 35.5 Å². The van der Waals surface area contributed by atoms with E-state index in [0.717, 1.165) is 12.1 Å². The van der Waals surface area contributed by atoms with Gasteiger partial charge in [0.2, 0.25) is 0 Å². The molecule has 12 heteroatoms. The summed E-state index contributed by atoms with van der Waals surface area (Å²) < 4.78 is 68.6. The molecule has 8 nitrogen and oxygen atoms in total. The lowest BCUT2D eigenvalue weighted by Gasteiger charge is -2.08. The molecule has 0 amide bonds. The standard InChI is InChI=1S/C16H17F3N6O2S/c1-10-14(11(2)24(3)21-10)28(26,27)23-15-20-9-25(22-15)8-12-5-4-6-13(7-12)16(17,18)19/h4-7,9H,8H2,1-3H3,(H,22,23). The first-order valence-electron chi connectivity index (χ1n) is 8.06. The Hall–Kier alpha value is -2.89. The monoisotopic (exact) mass is 414 g/mol. The highest BCUT2D eigenvalue weighted by Gasteiger charge is 2.30. The highest BCUT2D eigenvalue weighted by Crippen LogP contribution is 2.29. The van der Waals surface area contributed by atoms with Crippen molar-refractivity contribution in [1.82, 2.24) is 24.5 Å². The van der Waals surface area contributed by atoms with Crippen LogP contribution in [0.4, 0.5) is 19.1 Å². The molecule has 0 spiro atoms. The summed E-state index contributed by atoms with van der Waals surface area (Å²) in [5, 5.41) is 8.05. The van der Waals surface area contributed by atoms with Crippen molar-refractivity contribution >= 4 is 16.0 Å². The average Bonchev–Trinajstić information content (AvgIpc) is 3.10. The van der Waals surface area contributed by atoms with Crippen molar-refractivity contribution in [3.63, 3.8) is 0 Å². The molecule has 1 N–H and O–H groups in total. The minimum Gasteiger partial charge on any atom is -0.271 e. The van der Waals surface area contributed by atoms with Gasteiger partial charge in [0, 0.05) is 7.05 Å². The molecule has 0 aliphatic heterocycles. The van der Waals surface area contributed by atoms with E-state index >= 15 is 0 Å². The fourth-order valence-electron chi connectivity index (χ4n) is 2.76. The van der Waals surface area contributed by atoms with Crippen LogP contribution in [0.5, 0.6) is 0 Å². The molecule has 2 aromatic heterocycles. The number of rotatable bonds is 5. The summed E-state index contributed by atoms with van der Waals surface area (Å²) in [6.45, 7) is 3.19. The van der Waals surface area contributed by atoms with E-state index in [-0.39, 0.29) is 17.4 Å². The van der Waals surface area contributed by atoms with E-state index in [2.05, 4.69) is 19.9 Å². The molecule has 0 saturated carbocycles. The molecule has 28 heavy (non-hydrogen) atoms. The van der Waals surface area contributed by atoms with Gasteiger partial charge < -0.3 is 0 Å². The largest absolute Gasteiger partial charge is 0.416 e. The van der Waals surface area contributed by atoms with Gasteiger partial charge in [0.1, 0.15) is 11.2 Å². The highest BCUT2D eigenvalue weighted by atomic mass is 32.2. The molecular weight excluding hydrogens is 397 g/mol. The highest BCUT2D eigenvalue weighted by molar-refractivity contribution is 7.92. The lowest BCUT2D eigenvalue weighted by Crippen LogP contribution is -2.16. The minimum atomic E-state index is -4.45. The van der Waals surface area contributed by atoms with Crippen molar-refractivity contribution in [2.24, 2.45) is 7.05 Å².